The molecule has 1 N–H and O–H groups in total. The number of nitrogens with zero attached hydrogens (tertiary/aromatic N) is 1. The molecule has 0 spiro atoms. The average Bonchev–Trinajstić information content (AvgIpc) is 2.81. The Labute approximate surface area is 140 Å². The molecule has 1 fully saturated rings. The lowest BCUT2D eigenvalue weighted by molar-refractivity contribution is -0.123. The number of aryl methyl sites for hydroxylation is 2. The third-order valence-corrected chi connectivity index (χ3v) is 4.52. The fourth-order valence-corrected chi connectivity index (χ4v) is 2.89. The standard InChI is InChI=1S/C19H30N2O2/c1-16-8-9-18(14-17(16)2)23-15-19(22)20-10-7-13-21-11-5-3-4-6-12-21/h8-9,14H,3-7,10-13,15H2,1-2H3,(H,20,22). The Bertz CT molecular complexity index is 494. The summed E-state index contributed by atoms with van der Waals surface area (Å²) in [6.07, 6.45) is 6.37. The molecule has 1 aliphatic rings. The van der Waals surface area contributed by atoms with E-state index in [4.69, 9.17) is 4.74 Å². The molecule has 1 amide bonds. The van der Waals surface area contributed by atoms with Gasteiger partial charge in [0.2, 0.25) is 0 Å². The SMILES string of the molecule is Cc1ccc(OCC(=O)NCCCN2CCCCCC2)cc1C. The highest BCUT2D eigenvalue weighted by Crippen LogP contribution is 2.16. The van der Waals surface area contributed by atoms with Crippen LogP contribution in [0.3, 0.4) is 0 Å². The number of benzene rings is 1. The number of carbonyl (C=O) groups is 1. The lowest BCUT2D eigenvalue weighted by Gasteiger charge is -2.19. The van der Waals surface area contributed by atoms with Crippen molar-refractivity contribution in [3.05, 3.63) is 29.3 Å². The Morgan fingerprint density at radius 3 is 2.57 bits per heavy atom. The first-order chi connectivity index (χ1) is 11.1. The first-order valence-electron chi connectivity index (χ1n) is 8.84. The Morgan fingerprint density at radius 2 is 1.87 bits per heavy atom. The largest absolute Gasteiger partial charge is 0.484 e. The molecule has 1 saturated heterocycles. The Balaban J connectivity index is 1.58. The van der Waals surface area contributed by atoms with E-state index in [0.29, 0.717) is 0 Å². The summed E-state index contributed by atoms with van der Waals surface area (Å²) in [6, 6.07) is 5.90. The van der Waals surface area contributed by atoms with Crippen LogP contribution in [0.1, 0.15) is 43.2 Å². The second kappa shape index (κ2) is 9.56. The maximum atomic E-state index is 11.8. The monoisotopic (exact) mass is 318 g/mol. The fraction of sp³-hybridized carbons (Fsp3) is 0.632. The number of hydrogen-bond donors (Lipinski definition) is 1. The van der Waals surface area contributed by atoms with Gasteiger partial charge < -0.3 is 15.0 Å². The minimum absolute atomic E-state index is 0.0425. The summed E-state index contributed by atoms with van der Waals surface area (Å²) in [5.74, 6) is 0.715. The number of hydrogen-bond acceptors (Lipinski definition) is 3. The van der Waals surface area contributed by atoms with Crippen molar-refractivity contribution in [3.63, 3.8) is 0 Å². The lowest BCUT2D eigenvalue weighted by Crippen LogP contribution is -2.33. The predicted molar refractivity (Wildman–Crippen MR) is 93.9 cm³/mol. The molecule has 1 aromatic carbocycles. The number of rotatable bonds is 7. The molecule has 1 aromatic rings. The van der Waals surface area contributed by atoms with Gasteiger partial charge in [0.15, 0.2) is 6.61 Å². The fourth-order valence-electron chi connectivity index (χ4n) is 2.89. The van der Waals surface area contributed by atoms with Crippen molar-refractivity contribution in [1.82, 2.24) is 10.2 Å². The van der Waals surface area contributed by atoms with E-state index in [0.717, 1.165) is 25.3 Å². The van der Waals surface area contributed by atoms with E-state index < -0.39 is 0 Å². The van der Waals surface area contributed by atoms with Gasteiger partial charge in [0.1, 0.15) is 5.75 Å². The highest BCUT2D eigenvalue weighted by Gasteiger charge is 2.08. The van der Waals surface area contributed by atoms with Crippen LogP contribution < -0.4 is 10.1 Å². The highest BCUT2D eigenvalue weighted by molar-refractivity contribution is 5.77. The first-order valence-corrected chi connectivity index (χ1v) is 8.84. The van der Waals surface area contributed by atoms with Crippen molar-refractivity contribution in [1.29, 1.82) is 0 Å². The number of carbonyl (C=O) groups excluding carboxylic acids is 1. The third-order valence-electron chi connectivity index (χ3n) is 4.52. The van der Waals surface area contributed by atoms with E-state index >= 15 is 0 Å². The van der Waals surface area contributed by atoms with Crippen LogP contribution in [0.25, 0.3) is 0 Å². The van der Waals surface area contributed by atoms with Crippen LogP contribution in [-0.2, 0) is 4.79 Å². The number of nitrogens with one attached hydrogen (secondary N) is 1. The lowest BCUT2D eigenvalue weighted by atomic mass is 10.1. The van der Waals surface area contributed by atoms with Gasteiger partial charge in [-0.15, -0.1) is 0 Å². The molecule has 2 rings (SSSR count). The first kappa shape index (κ1) is 17.8. The van der Waals surface area contributed by atoms with E-state index in [-0.39, 0.29) is 12.5 Å². The normalized spacial score (nSPS) is 15.9. The molecule has 4 heteroatoms. The summed E-state index contributed by atoms with van der Waals surface area (Å²) in [4.78, 5) is 14.3. The summed E-state index contributed by atoms with van der Waals surface area (Å²) < 4.78 is 5.54. The quantitative estimate of drug-likeness (QED) is 0.786. The van der Waals surface area contributed by atoms with Gasteiger partial charge in [0, 0.05) is 6.54 Å². The summed E-state index contributed by atoms with van der Waals surface area (Å²) in [6.45, 7) is 8.44. The van der Waals surface area contributed by atoms with Gasteiger partial charge in [-0.25, -0.2) is 0 Å². The van der Waals surface area contributed by atoms with E-state index in [1.165, 1.54) is 49.9 Å². The van der Waals surface area contributed by atoms with Crippen molar-refractivity contribution in [2.45, 2.75) is 46.0 Å². The molecule has 0 atom stereocenters. The van der Waals surface area contributed by atoms with Crippen LogP contribution in [0.2, 0.25) is 0 Å². The van der Waals surface area contributed by atoms with Gasteiger partial charge in [-0.05, 0) is 76.0 Å². The molecule has 1 aliphatic heterocycles. The summed E-state index contributed by atoms with van der Waals surface area (Å²) >= 11 is 0. The molecule has 0 bridgehead atoms. The summed E-state index contributed by atoms with van der Waals surface area (Å²) in [5, 5.41) is 2.94. The molecule has 0 unspecified atom stereocenters. The average molecular weight is 318 g/mol. The number of ether oxygens (including phenoxy) is 1. The molecular weight excluding hydrogens is 288 g/mol. The molecule has 128 valence electrons. The zero-order chi connectivity index (χ0) is 16.5. The van der Waals surface area contributed by atoms with E-state index in [1.54, 1.807) is 0 Å². The van der Waals surface area contributed by atoms with Crippen molar-refractivity contribution in [2.24, 2.45) is 0 Å². The highest BCUT2D eigenvalue weighted by atomic mass is 16.5. The van der Waals surface area contributed by atoms with Gasteiger partial charge in [-0.2, -0.15) is 0 Å². The Kier molecular flexibility index (Phi) is 7.40. The topological polar surface area (TPSA) is 41.6 Å². The van der Waals surface area contributed by atoms with E-state index in [1.807, 2.05) is 25.1 Å². The molecular formula is C19H30N2O2. The molecule has 23 heavy (non-hydrogen) atoms. The molecule has 0 aliphatic carbocycles. The van der Waals surface area contributed by atoms with Crippen LogP contribution >= 0.6 is 0 Å². The van der Waals surface area contributed by atoms with E-state index in [9.17, 15) is 4.79 Å². The second-order valence-electron chi connectivity index (χ2n) is 6.49. The molecule has 0 radical (unpaired) electrons. The summed E-state index contributed by atoms with van der Waals surface area (Å²) in [7, 11) is 0. The molecule has 4 nitrogen and oxygen atoms in total. The van der Waals surface area contributed by atoms with Crippen LogP contribution in [0, 0.1) is 13.8 Å². The maximum Gasteiger partial charge on any atom is 0.257 e. The van der Waals surface area contributed by atoms with Crippen molar-refractivity contribution < 1.29 is 9.53 Å². The zero-order valence-corrected chi connectivity index (χ0v) is 14.6. The van der Waals surface area contributed by atoms with Crippen LogP contribution in [0.4, 0.5) is 0 Å². The number of amides is 1. The smallest absolute Gasteiger partial charge is 0.257 e. The minimum Gasteiger partial charge on any atom is -0.484 e. The van der Waals surface area contributed by atoms with Crippen molar-refractivity contribution in [3.8, 4) is 5.75 Å². The second-order valence-corrected chi connectivity index (χ2v) is 6.49. The van der Waals surface area contributed by atoms with Crippen LogP contribution in [0.5, 0.6) is 5.75 Å². The Morgan fingerprint density at radius 1 is 1.13 bits per heavy atom. The van der Waals surface area contributed by atoms with Gasteiger partial charge >= 0.3 is 0 Å². The van der Waals surface area contributed by atoms with Crippen molar-refractivity contribution >= 4 is 5.91 Å². The maximum absolute atomic E-state index is 11.8. The minimum atomic E-state index is -0.0425. The van der Waals surface area contributed by atoms with Crippen molar-refractivity contribution in [2.75, 3.05) is 32.8 Å². The van der Waals surface area contributed by atoms with Crippen LogP contribution in [-0.4, -0.2) is 43.6 Å². The third kappa shape index (κ3) is 6.61. The van der Waals surface area contributed by atoms with Crippen LogP contribution in [0.15, 0.2) is 18.2 Å². The Hall–Kier alpha value is -1.55. The summed E-state index contributed by atoms with van der Waals surface area (Å²) in [5.41, 5.74) is 2.41. The van der Waals surface area contributed by atoms with Gasteiger partial charge in [0.25, 0.3) is 5.91 Å². The number of likely N-dealkylation sites (tertiary alicyclic amines) is 1. The predicted octanol–water partition coefficient (Wildman–Crippen LogP) is 3.06. The zero-order valence-electron chi connectivity index (χ0n) is 14.6. The van der Waals surface area contributed by atoms with Gasteiger partial charge in [0.05, 0.1) is 0 Å². The van der Waals surface area contributed by atoms with Gasteiger partial charge in [-0.1, -0.05) is 18.9 Å². The van der Waals surface area contributed by atoms with E-state index in [2.05, 4.69) is 17.1 Å². The van der Waals surface area contributed by atoms with Gasteiger partial charge in [-0.3, -0.25) is 4.79 Å². The molecule has 0 saturated carbocycles. The molecule has 1 heterocycles. The molecule has 0 aromatic heterocycles.